The normalized spacial score (nSPS) is 28.4. The highest BCUT2D eigenvalue weighted by Gasteiger charge is 2.45. The molecule has 1 saturated heterocycles. The first-order valence-corrected chi connectivity index (χ1v) is 8.40. The first-order chi connectivity index (χ1) is 10.1. The molecular formula is C16H26N2O3. The van der Waals surface area contributed by atoms with E-state index in [4.69, 9.17) is 0 Å². The van der Waals surface area contributed by atoms with Gasteiger partial charge in [0.1, 0.15) is 0 Å². The molecule has 2 aliphatic carbocycles. The van der Waals surface area contributed by atoms with Crippen LogP contribution < -0.4 is 5.32 Å². The third-order valence-electron chi connectivity index (χ3n) is 5.85. The number of hydrogen-bond donors (Lipinski definition) is 2. The lowest BCUT2D eigenvalue weighted by Gasteiger charge is -2.38. The van der Waals surface area contributed by atoms with Gasteiger partial charge >= 0.3 is 12.0 Å². The van der Waals surface area contributed by atoms with Crippen molar-refractivity contribution < 1.29 is 14.7 Å². The quantitative estimate of drug-likeness (QED) is 0.837. The van der Waals surface area contributed by atoms with Gasteiger partial charge in [0.25, 0.3) is 0 Å². The molecule has 0 aromatic carbocycles. The third-order valence-corrected chi connectivity index (χ3v) is 5.85. The molecule has 2 N–H and O–H groups in total. The van der Waals surface area contributed by atoms with Crippen LogP contribution in [0.4, 0.5) is 4.79 Å². The Kier molecular flexibility index (Phi) is 4.09. The van der Waals surface area contributed by atoms with E-state index in [0.29, 0.717) is 24.8 Å². The van der Waals surface area contributed by atoms with Gasteiger partial charge in [0, 0.05) is 19.1 Å². The summed E-state index contributed by atoms with van der Waals surface area (Å²) in [5.41, 5.74) is -0.696. The molecule has 21 heavy (non-hydrogen) atoms. The summed E-state index contributed by atoms with van der Waals surface area (Å²) in [6.45, 7) is 1.11. The molecule has 1 heterocycles. The molecule has 3 rings (SSSR count). The molecule has 1 atom stereocenters. The number of urea groups is 1. The molecule has 0 aromatic rings. The molecule has 1 unspecified atom stereocenters. The van der Waals surface area contributed by atoms with Crippen LogP contribution in [0.5, 0.6) is 0 Å². The Morgan fingerprint density at radius 2 is 1.81 bits per heavy atom. The summed E-state index contributed by atoms with van der Waals surface area (Å²) in [6, 6.07) is 0.339. The highest BCUT2D eigenvalue weighted by atomic mass is 16.4. The van der Waals surface area contributed by atoms with Crippen molar-refractivity contribution in [3.05, 3.63) is 0 Å². The molecule has 1 aliphatic heterocycles. The van der Waals surface area contributed by atoms with Gasteiger partial charge in [-0.3, -0.25) is 4.79 Å². The maximum absolute atomic E-state index is 12.4. The number of carboxylic acid groups (broad SMARTS) is 1. The largest absolute Gasteiger partial charge is 0.481 e. The fourth-order valence-corrected chi connectivity index (χ4v) is 4.29. The molecule has 5 heteroatoms. The monoisotopic (exact) mass is 294 g/mol. The van der Waals surface area contributed by atoms with Gasteiger partial charge in [-0.15, -0.1) is 0 Å². The molecule has 118 valence electrons. The van der Waals surface area contributed by atoms with Crippen molar-refractivity contribution in [3.8, 4) is 0 Å². The van der Waals surface area contributed by atoms with Gasteiger partial charge in [0.05, 0.1) is 5.41 Å². The van der Waals surface area contributed by atoms with Gasteiger partial charge in [-0.05, 0) is 44.4 Å². The number of amides is 2. The molecule has 2 saturated carbocycles. The van der Waals surface area contributed by atoms with Crippen LogP contribution in [0.25, 0.3) is 0 Å². The average molecular weight is 294 g/mol. The third kappa shape index (κ3) is 2.74. The number of rotatable bonds is 4. The summed E-state index contributed by atoms with van der Waals surface area (Å²) in [7, 11) is 0. The van der Waals surface area contributed by atoms with Crippen LogP contribution in [-0.2, 0) is 4.79 Å². The summed E-state index contributed by atoms with van der Waals surface area (Å²) in [4.78, 5) is 25.8. The summed E-state index contributed by atoms with van der Waals surface area (Å²) >= 11 is 0. The van der Waals surface area contributed by atoms with Crippen molar-refractivity contribution in [1.82, 2.24) is 10.2 Å². The van der Waals surface area contributed by atoms with Gasteiger partial charge < -0.3 is 15.3 Å². The maximum Gasteiger partial charge on any atom is 0.317 e. The second-order valence-electron chi connectivity index (χ2n) is 7.05. The molecule has 0 spiro atoms. The van der Waals surface area contributed by atoms with E-state index < -0.39 is 11.4 Å². The smallest absolute Gasteiger partial charge is 0.317 e. The van der Waals surface area contributed by atoms with Gasteiger partial charge in [-0.25, -0.2) is 4.79 Å². The Balaban J connectivity index is 1.55. The highest BCUT2D eigenvalue weighted by Crippen LogP contribution is 2.41. The van der Waals surface area contributed by atoms with E-state index >= 15 is 0 Å². The lowest BCUT2D eigenvalue weighted by molar-refractivity contribution is -0.153. The SMILES string of the molecule is O=C(NCC1(C(=O)O)CCC1)N1CCCC1C1CCCC1. The van der Waals surface area contributed by atoms with Crippen LogP contribution in [-0.4, -0.2) is 41.1 Å². The number of carbonyl (C=O) groups excluding carboxylic acids is 1. The van der Waals surface area contributed by atoms with Gasteiger partial charge in [-0.1, -0.05) is 19.3 Å². The van der Waals surface area contributed by atoms with Crippen molar-refractivity contribution in [2.24, 2.45) is 11.3 Å². The Hall–Kier alpha value is -1.26. The van der Waals surface area contributed by atoms with Gasteiger partial charge in [0.15, 0.2) is 0 Å². The van der Waals surface area contributed by atoms with Crippen LogP contribution in [0.15, 0.2) is 0 Å². The maximum atomic E-state index is 12.4. The molecule has 0 aromatic heterocycles. The fourth-order valence-electron chi connectivity index (χ4n) is 4.29. The first-order valence-electron chi connectivity index (χ1n) is 8.40. The van der Waals surface area contributed by atoms with E-state index in [1.54, 1.807) is 0 Å². The fraction of sp³-hybridized carbons (Fsp3) is 0.875. The summed E-state index contributed by atoms with van der Waals surface area (Å²) in [5.74, 6) is -0.0989. The number of hydrogen-bond acceptors (Lipinski definition) is 2. The Labute approximate surface area is 126 Å². The van der Waals surface area contributed by atoms with E-state index in [-0.39, 0.29) is 12.6 Å². The number of carboxylic acids is 1. The van der Waals surface area contributed by atoms with Crippen LogP contribution in [0.2, 0.25) is 0 Å². The van der Waals surface area contributed by atoms with Gasteiger partial charge in [0.2, 0.25) is 0 Å². The second kappa shape index (κ2) is 5.85. The molecule has 3 fully saturated rings. The minimum atomic E-state index is -0.761. The lowest BCUT2D eigenvalue weighted by Crippen LogP contribution is -2.52. The number of carbonyl (C=O) groups is 2. The van der Waals surface area contributed by atoms with E-state index in [1.807, 2.05) is 4.90 Å². The van der Waals surface area contributed by atoms with Crippen LogP contribution >= 0.6 is 0 Å². The van der Waals surface area contributed by atoms with Crippen molar-refractivity contribution in [2.75, 3.05) is 13.1 Å². The topological polar surface area (TPSA) is 69.6 Å². The zero-order valence-electron chi connectivity index (χ0n) is 12.6. The molecular weight excluding hydrogens is 268 g/mol. The van der Waals surface area contributed by atoms with E-state index in [2.05, 4.69) is 5.32 Å². The number of aliphatic carboxylic acids is 1. The first kappa shape index (κ1) is 14.7. The average Bonchev–Trinajstić information content (AvgIpc) is 3.07. The van der Waals surface area contributed by atoms with E-state index in [9.17, 15) is 14.7 Å². The van der Waals surface area contributed by atoms with Gasteiger partial charge in [-0.2, -0.15) is 0 Å². The van der Waals surface area contributed by atoms with Crippen LogP contribution in [0.3, 0.4) is 0 Å². The van der Waals surface area contributed by atoms with Crippen molar-refractivity contribution >= 4 is 12.0 Å². The number of nitrogens with one attached hydrogen (secondary N) is 1. The van der Waals surface area contributed by atoms with Crippen LogP contribution in [0, 0.1) is 11.3 Å². The predicted molar refractivity (Wildman–Crippen MR) is 79.0 cm³/mol. The number of likely N-dealkylation sites (tertiary alicyclic amines) is 1. The summed E-state index contributed by atoms with van der Waals surface area (Å²) in [5, 5.41) is 12.2. The van der Waals surface area contributed by atoms with Crippen LogP contribution in [0.1, 0.15) is 57.8 Å². The standard InChI is InChI=1S/C16H26N2O3/c19-14(20)16(8-4-9-16)11-17-15(21)18-10-3-7-13(18)12-5-1-2-6-12/h12-13H,1-11H2,(H,17,21)(H,19,20). The van der Waals surface area contributed by atoms with Crippen molar-refractivity contribution in [1.29, 1.82) is 0 Å². The Morgan fingerprint density at radius 1 is 1.10 bits per heavy atom. The Morgan fingerprint density at radius 3 is 2.38 bits per heavy atom. The predicted octanol–water partition coefficient (Wildman–Crippen LogP) is 2.61. The van der Waals surface area contributed by atoms with E-state index in [0.717, 1.165) is 25.8 Å². The highest BCUT2D eigenvalue weighted by molar-refractivity contribution is 5.79. The second-order valence-corrected chi connectivity index (χ2v) is 7.05. The van der Waals surface area contributed by atoms with E-state index in [1.165, 1.54) is 25.7 Å². The number of nitrogens with zero attached hydrogens (tertiary/aromatic N) is 1. The molecule has 3 aliphatic rings. The summed E-state index contributed by atoms with van der Waals surface area (Å²) < 4.78 is 0. The molecule has 5 nitrogen and oxygen atoms in total. The molecule has 0 bridgehead atoms. The van der Waals surface area contributed by atoms with Crippen molar-refractivity contribution in [2.45, 2.75) is 63.8 Å². The molecule has 0 radical (unpaired) electrons. The molecule has 2 amide bonds. The Bertz CT molecular complexity index is 414. The minimum absolute atomic E-state index is 0.0445. The van der Waals surface area contributed by atoms with Crippen molar-refractivity contribution in [3.63, 3.8) is 0 Å². The zero-order valence-corrected chi connectivity index (χ0v) is 12.6. The zero-order chi connectivity index (χ0) is 14.9. The minimum Gasteiger partial charge on any atom is -0.481 e. The lowest BCUT2D eigenvalue weighted by atomic mass is 9.69. The summed E-state index contributed by atoms with van der Waals surface area (Å²) in [6.07, 6.45) is 9.60.